The molecule has 43 heavy (non-hydrogen) atoms. The van der Waals surface area contributed by atoms with E-state index in [1.165, 1.54) is 5.56 Å². The number of carbonyl (C=O) groups is 2. The average Bonchev–Trinajstić information content (AvgIpc) is 3.41. The molecule has 0 spiro atoms. The summed E-state index contributed by atoms with van der Waals surface area (Å²) in [6.07, 6.45) is 9.72. The first-order valence-electron chi connectivity index (χ1n) is 14.7. The van der Waals surface area contributed by atoms with E-state index in [9.17, 15) is 9.59 Å². The molecule has 8 nitrogen and oxygen atoms in total. The van der Waals surface area contributed by atoms with E-state index in [1.54, 1.807) is 7.11 Å². The number of aromatic nitrogens is 1. The third kappa shape index (κ3) is 5.96. The van der Waals surface area contributed by atoms with Crippen LogP contribution in [0.2, 0.25) is 0 Å². The zero-order chi connectivity index (χ0) is 29.9. The largest absolute Gasteiger partial charge is 0.380 e. The number of benzene rings is 2. The van der Waals surface area contributed by atoms with E-state index < -0.39 is 17.7 Å². The van der Waals surface area contributed by atoms with E-state index >= 15 is 0 Å². The highest BCUT2D eigenvalue weighted by atomic mass is 16.5. The van der Waals surface area contributed by atoms with Crippen LogP contribution >= 0.6 is 0 Å². The molecule has 1 fully saturated rings. The molecule has 3 aromatic rings. The van der Waals surface area contributed by atoms with Gasteiger partial charge in [0.1, 0.15) is 11.9 Å². The van der Waals surface area contributed by atoms with Crippen molar-refractivity contribution in [2.24, 2.45) is 0 Å². The number of amides is 1. The molecule has 0 saturated carbocycles. The zero-order valence-electron chi connectivity index (χ0n) is 24.9. The Morgan fingerprint density at radius 2 is 1.72 bits per heavy atom. The fourth-order valence-electron chi connectivity index (χ4n) is 6.28. The standard InChI is InChI=1S/C35H37N5O3/c1-24-19-25(2)36-32(20-24)39-17-15-38(16-18-39)31-13-12-28(21-27(31)23-43-3)37-35(42)34(41)33-30(26-9-5-4-6-10-26)22-29-11-7-8-14-40(29)33/h4-14,19-22,30,33H,15-18,23H2,1-3H3,(H,37,42). The molecule has 1 aromatic heterocycles. The first-order chi connectivity index (χ1) is 20.9. The summed E-state index contributed by atoms with van der Waals surface area (Å²) in [6.45, 7) is 7.91. The van der Waals surface area contributed by atoms with E-state index in [0.29, 0.717) is 12.3 Å². The van der Waals surface area contributed by atoms with E-state index in [-0.39, 0.29) is 5.92 Å². The highest BCUT2D eigenvalue weighted by molar-refractivity contribution is 6.42. The summed E-state index contributed by atoms with van der Waals surface area (Å²) < 4.78 is 5.53. The number of ketones is 1. The van der Waals surface area contributed by atoms with Crippen LogP contribution in [0.15, 0.2) is 96.9 Å². The predicted molar refractivity (Wildman–Crippen MR) is 170 cm³/mol. The zero-order valence-corrected chi connectivity index (χ0v) is 24.9. The van der Waals surface area contributed by atoms with Gasteiger partial charge in [-0.15, -0.1) is 0 Å². The Hall–Kier alpha value is -4.69. The maximum Gasteiger partial charge on any atom is 0.294 e. The van der Waals surface area contributed by atoms with Crippen LogP contribution in [-0.4, -0.2) is 60.9 Å². The number of allylic oxidation sites excluding steroid dienone is 3. The van der Waals surface area contributed by atoms with Gasteiger partial charge in [-0.25, -0.2) is 4.98 Å². The Bertz CT molecular complexity index is 1580. The second-order valence-corrected chi connectivity index (χ2v) is 11.3. The second kappa shape index (κ2) is 12.3. The van der Waals surface area contributed by atoms with Crippen molar-refractivity contribution in [2.75, 3.05) is 48.4 Å². The van der Waals surface area contributed by atoms with Crippen LogP contribution < -0.4 is 15.1 Å². The minimum absolute atomic E-state index is 0.231. The van der Waals surface area contributed by atoms with Gasteiger partial charge in [-0.2, -0.15) is 0 Å². The van der Waals surface area contributed by atoms with Gasteiger partial charge < -0.3 is 24.8 Å². The molecule has 0 bridgehead atoms. The van der Waals surface area contributed by atoms with Gasteiger partial charge in [0, 0.05) is 73.7 Å². The maximum atomic E-state index is 13.7. The molecule has 1 saturated heterocycles. The van der Waals surface area contributed by atoms with Gasteiger partial charge in [0.2, 0.25) is 5.78 Å². The molecule has 220 valence electrons. The van der Waals surface area contributed by atoms with Gasteiger partial charge in [-0.05, 0) is 67.5 Å². The summed E-state index contributed by atoms with van der Waals surface area (Å²) >= 11 is 0. The molecular weight excluding hydrogens is 538 g/mol. The third-order valence-electron chi connectivity index (χ3n) is 8.26. The van der Waals surface area contributed by atoms with E-state index in [4.69, 9.17) is 9.72 Å². The van der Waals surface area contributed by atoms with Gasteiger partial charge in [0.05, 0.1) is 6.61 Å². The molecule has 6 rings (SSSR count). The molecule has 2 unspecified atom stereocenters. The molecule has 8 heteroatoms. The molecule has 2 atom stereocenters. The smallest absolute Gasteiger partial charge is 0.294 e. The van der Waals surface area contributed by atoms with Crippen molar-refractivity contribution in [1.82, 2.24) is 9.88 Å². The summed E-state index contributed by atoms with van der Waals surface area (Å²) in [4.78, 5) is 38.4. The molecule has 0 aliphatic carbocycles. The first kappa shape index (κ1) is 28.4. The molecule has 1 N–H and O–H groups in total. The summed E-state index contributed by atoms with van der Waals surface area (Å²) in [5.74, 6) is -0.319. The van der Waals surface area contributed by atoms with Crippen molar-refractivity contribution < 1.29 is 14.3 Å². The number of ether oxygens (including phenoxy) is 1. The van der Waals surface area contributed by atoms with Crippen LogP contribution in [0.1, 0.15) is 28.3 Å². The predicted octanol–water partition coefficient (Wildman–Crippen LogP) is 5.11. The fourth-order valence-corrected chi connectivity index (χ4v) is 6.28. The minimum atomic E-state index is -0.653. The topological polar surface area (TPSA) is 78.0 Å². The Balaban J connectivity index is 1.16. The van der Waals surface area contributed by atoms with Crippen molar-refractivity contribution in [1.29, 1.82) is 0 Å². The Morgan fingerprint density at radius 3 is 2.47 bits per heavy atom. The van der Waals surface area contributed by atoms with E-state index in [2.05, 4.69) is 40.2 Å². The van der Waals surface area contributed by atoms with Crippen molar-refractivity contribution in [2.45, 2.75) is 32.4 Å². The van der Waals surface area contributed by atoms with Crippen molar-refractivity contribution in [3.63, 3.8) is 0 Å². The number of carbonyl (C=O) groups excluding carboxylic acids is 2. The molecule has 1 amide bonds. The van der Waals surface area contributed by atoms with Crippen LogP contribution in [0, 0.1) is 13.8 Å². The lowest BCUT2D eigenvalue weighted by molar-refractivity contribution is -0.137. The summed E-state index contributed by atoms with van der Waals surface area (Å²) in [6, 6.07) is 19.2. The monoisotopic (exact) mass is 575 g/mol. The molecule has 3 aliphatic heterocycles. The Kier molecular flexibility index (Phi) is 8.11. The number of fused-ring (bicyclic) bond motifs is 1. The Labute approximate surface area is 253 Å². The summed E-state index contributed by atoms with van der Waals surface area (Å²) in [7, 11) is 1.66. The van der Waals surface area contributed by atoms with Crippen LogP contribution in [-0.2, 0) is 20.9 Å². The van der Waals surface area contributed by atoms with Gasteiger partial charge >= 0.3 is 0 Å². The highest BCUT2D eigenvalue weighted by Crippen LogP contribution is 2.38. The van der Waals surface area contributed by atoms with Crippen LogP contribution in [0.4, 0.5) is 17.2 Å². The van der Waals surface area contributed by atoms with Gasteiger partial charge in [-0.3, -0.25) is 9.59 Å². The van der Waals surface area contributed by atoms with Gasteiger partial charge in [0.15, 0.2) is 0 Å². The maximum absolute atomic E-state index is 13.7. The lowest BCUT2D eigenvalue weighted by atomic mass is 9.90. The third-order valence-corrected chi connectivity index (χ3v) is 8.26. The molecular formula is C35H37N5O3. The molecule has 0 radical (unpaired) electrons. The lowest BCUT2D eigenvalue weighted by Gasteiger charge is -2.38. The average molecular weight is 576 g/mol. The summed E-state index contributed by atoms with van der Waals surface area (Å²) in [5.41, 5.74) is 6.76. The lowest BCUT2D eigenvalue weighted by Crippen LogP contribution is -2.47. The number of piperazine rings is 1. The van der Waals surface area contributed by atoms with Crippen molar-refractivity contribution in [3.8, 4) is 0 Å². The van der Waals surface area contributed by atoms with E-state index in [0.717, 1.165) is 60.2 Å². The van der Waals surface area contributed by atoms with Crippen molar-refractivity contribution in [3.05, 3.63) is 119 Å². The van der Waals surface area contributed by atoms with Gasteiger partial charge in [-0.1, -0.05) is 42.5 Å². The van der Waals surface area contributed by atoms with Crippen molar-refractivity contribution >= 4 is 28.9 Å². The number of Topliss-reactive ketones (excluding diaryl/α,β-unsaturated/α-hetero) is 1. The number of hydrogen-bond donors (Lipinski definition) is 1. The molecule has 3 aliphatic rings. The normalized spacial score (nSPS) is 19.3. The number of anilines is 3. The number of pyridine rings is 1. The van der Waals surface area contributed by atoms with Gasteiger partial charge in [0.25, 0.3) is 5.91 Å². The number of hydrogen-bond acceptors (Lipinski definition) is 7. The summed E-state index contributed by atoms with van der Waals surface area (Å²) in [5, 5.41) is 2.88. The van der Waals surface area contributed by atoms with Crippen LogP contribution in [0.5, 0.6) is 0 Å². The number of methoxy groups -OCH3 is 1. The Morgan fingerprint density at radius 1 is 0.953 bits per heavy atom. The number of rotatable bonds is 8. The number of nitrogens with zero attached hydrogens (tertiary/aromatic N) is 4. The molecule has 2 aromatic carbocycles. The quantitative estimate of drug-likeness (QED) is 0.374. The number of aryl methyl sites for hydroxylation is 2. The highest BCUT2D eigenvalue weighted by Gasteiger charge is 2.41. The SMILES string of the molecule is COCc1cc(NC(=O)C(=O)C2C(c3ccccc3)C=C3C=CC=CN32)ccc1N1CCN(c2cc(C)cc(C)n2)CC1. The van der Waals surface area contributed by atoms with Crippen LogP contribution in [0.3, 0.4) is 0 Å². The van der Waals surface area contributed by atoms with E-state index in [1.807, 2.05) is 84.8 Å². The van der Waals surface area contributed by atoms with Crippen LogP contribution in [0.25, 0.3) is 0 Å². The number of nitrogens with one attached hydrogen (secondary N) is 1. The fraction of sp³-hybridized carbons (Fsp3) is 0.286. The minimum Gasteiger partial charge on any atom is -0.380 e. The second-order valence-electron chi connectivity index (χ2n) is 11.3. The molecule has 4 heterocycles. The first-order valence-corrected chi connectivity index (χ1v) is 14.7.